The first-order valence-electron chi connectivity index (χ1n) is 15.0. The molecule has 1 aliphatic carbocycles. The predicted molar refractivity (Wildman–Crippen MR) is 166 cm³/mol. The van der Waals surface area contributed by atoms with Gasteiger partial charge in [0.2, 0.25) is 0 Å². The van der Waals surface area contributed by atoms with Gasteiger partial charge >= 0.3 is 0 Å². The molecule has 3 aromatic carbocycles. The third-order valence-electron chi connectivity index (χ3n) is 8.84. The number of ether oxygens (including phenoxy) is 2. The van der Waals surface area contributed by atoms with Gasteiger partial charge in [-0.05, 0) is 78.4 Å². The van der Waals surface area contributed by atoms with E-state index in [0.29, 0.717) is 5.69 Å². The Labute approximate surface area is 260 Å². The van der Waals surface area contributed by atoms with Crippen LogP contribution in [-0.4, -0.2) is 66.3 Å². The summed E-state index contributed by atoms with van der Waals surface area (Å²) >= 11 is 0. The largest absolute Gasteiger partial charge is 0.497 e. The number of anilines is 1. The minimum absolute atomic E-state index is 0.0168. The quantitative estimate of drug-likeness (QED) is 0.357. The lowest BCUT2D eigenvalue weighted by Gasteiger charge is -2.30. The summed E-state index contributed by atoms with van der Waals surface area (Å²) in [6, 6.07) is 21.9. The van der Waals surface area contributed by atoms with E-state index in [1.807, 2.05) is 54.6 Å². The van der Waals surface area contributed by atoms with E-state index in [0.717, 1.165) is 58.1 Å². The number of hydrogen-bond donors (Lipinski definition) is 0. The monoisotopic (exact) mass is 604 g/mol. The van der Waals surface area contributed by atoms with Crippen LogP contribution in [0.4, 0.5) is 5.69 Å². The summed E-state index contributed by atoms with van der Waals surface area (Å²) in [5.41, 5.74) is 4.39. The number of imide groups is 1. The van der Waals surface area contributed by atoms with Gasteiger partial charge < -0.3 is 9.47 Å². The van der Waals surface area contributed by atoms with Gasteiger partial charge in [0.05, 0.1) is 31.7 Å². The fraction of sp³-hybridized carbons (Fsp3) is 0.294. The highest BCUT2D eigenvalue weighted by Gasteiger charge is 2.55. The fourth-order valence-corrected chi connectivity index (χ4v) is 6.64. The van der Waals surface area contributed by atoms with E-state index in [9.17, 15) is 14.4 Å². The Morgan fingerprint density at radius 1 is 0.889 bits per heavy atom. The van der Waals surface area contributed by atoms with Crippen LogP contribution in [0.15, 0.2) is 99.9 Å². The van der Waals surface area contributed by atoms with Crippen molar-refractivity contribution < 1.29 is 23.9 Å². The molecule has 2 fully saturated rings. The number of methoxy groups -OCH3 is 2. The number of para-hydroxylation sites is 1. The zero-order chi connectivity index (χ0) is 31.1. The lowest BCUT2D eigenvalue weighted by molar-refractivity contribution is -0.136. The maximum atomic E-state index is 14.1. The van der Waals surface area contributed by atoms with E-state index < -0.39 is 23.9 Å². The summed E-state index contributed by atoms with van der Waals surface area (Å²) < 4.78 is 10.7. The number of benzene rings is 3. The van der Waals surface area contributed by atoms with Crippen LogP contribution < -0.4 is 14.4 Å². The minimum Gasteiger partial charge on any atom is -0.497 e. The van der Waals surface area contributed by atoms with Gasteiger partial charge in [-0.15, -0.1) is 0 Å². The zero-order valence-electron chi connectivity index (χ0n) is 24.9. The molecule has 228 valence electrons. The van der Waals surface area contributed by atoms with Crippen molar-refractivity contribution in [3.05, 3.63) is 95.6 Å². The molecule has 11 nitrogen and oxygen atoms in total. The Bertz CT molecular complexity index is 1720. The standard InChI is InChI=1S/C34H32N6O5/c1-44-25-15-11-21(12-16-25)19-23-7-6-10-27-29(23)36-40(31(27)22-13-17-26(45-2)18-14-22)28(41)20-38-32-30(35-37-38)33(42)39(34(32)43)24-8-4-3-5-9-24/h3-5,8-9,11-19,27,30-32H,6-7,10,20H2,1-2H3/b23-19-. The van der Waals surface area contributed by atoms with Crippen LogP contribution in [0.5, 0.6) is 11.5 Å². The van der Waals surface area contributed by atoms with E-state index in [-0.39, 0.29) is 24.4 Å². The van der Waals surface area contributed by atoms with Crippen LogP contribution in [0.2, 0.25) is 0 Å². The van der Waals surface area contributed by atoms with Crippen molar-refractivity contribution in [1.82, 2.24) is 10.0 Å². The molecule has 0 bridgehead atoms. The summed E-state index contributed by atoms with van der Waals surface area (Å²) in [5, 5.41) is 16.0. The Balaban J connectivity index is 1.19. The van der Waals surface area contributed by atoms with Crippen LogP contribution in [0, 0.1) is 5.92 Å². The van der Waals surface area contributed by atoms with Crippen molar-refractivity contribution in [2.45, 2.75) is 37.4 Å². The molecule has 11 heteroatoms. The van der Waals surface area contributed by atoms with Crippen LogP contribution >= 0.6 is 0 Å². The summed E-state index contributed by atoms with van der Waals surface area (Å²) in [6.45, 7) is -0.250. The predicted octanol–water partition coefficient (Wildman–Crippen LogP) is 4.82. The number of amides is 3. The molecule has 3 amide bonds. The first-order valence-corrected chi connectivity index (χ1v) is 15.0. The number of hydrazone groups is 1. The zero-order valence-corrected chi connectivity index (χ0v) is 24.9. The van der Waals surface area contributed by atoms with Crippen molar-refractivity contribution in [3.8, 4) is 11.5 Å². The van der Waals surface area contributed by atoms with Crippen LogP contribution in [0.1, 0.15) is 36.4 Å². The van der Waals surface area contributed by atoms with Gasteiger partial charge in [0.1, 0.15) is 18.0 Å². The van der Waals surface area contributed by atoms with Gasteiger partial charge in [-0.3, -0.25) is 19.4 Å². The van der Waals surface area contributed by atoms with Crippen LogP contribution in [-0.2, 0) is 14.4 Å². The number of nitrogens with zero attached hydrogens (tertiary/aromatic N) is 6. The third kappa shape index (κ3) is 5.03. The van der Waals surface area contributed by atoms with E-state index >= 15 is 0 Å². The Morgan fingerprint density at radius 2 is 1.58 bits per heavy atom. The molecule has 4 atom stereocenters. The number of fused-ring (bicyclic) bond motifs is 2. The highest BCUT2D eigenvalue weighted by Crippen LogP contribution is 2.45. The first-order chi connectivity index (χ1) is 22.0. The van der Waals surface area contributed by atoms with Crippen molar-refractivity contribution in [3.63, 3.8) is 0 Å². The summed E-state index contributed by atoms with van der Waals surface area (Å²) in [6.07, 6.45) is 4.79. The summed E-state index contributed by atoms with van der Waals surface area (Å²) in [5.74, 6) is 0.245. The normalized spacial score (nSPS) is 24.6. The van der Waals surface area contributed by atoms with Crippen molar-refractivity contribution >= 4 is 35.2 Å². The van der Waals surface area contributed by atoms with Gasteiger partial charge in [0, 0.05) is 5.92 Å². The lowest BCUT2D eigenvalue weighted by Crippen LogP contribution is -2.45. The van der Waals surface area contributed by atoms with Gasteiger partial charge in [-0.25, -0.2) is 9.91 Å². The van der Waals surface area contributed by atoms with E-state index in [1.54, 1.807) is 38.5 Å². The maximum absolute atomic E-state index is 14.1. The third-order valence-corrected chi connectivity index (χ3v) is 8.84. The second-order valence-electron chi connectivity index (χ2n) is 11.4. The summed E-state index contributed by atoms with van der Waals surface area (Å²) in [4.78, 5) is 41.9. The smallest absolute Gasteiger partial charge is 0.264 e. The number of carbonyl (C=O) groups excluding carboxylic acids is 3. The fourth-order valence-electron chi connectivity index (χ4n) is 6.64. The van der Waals surface area contributed by atoms with Crippen molar-refractivity contribution in [2.24, 2.45) is 21.4 Å². The van der Waals surface area contributed by atoms with Crippen LogP contribution in [0.25, 0.3) is 6.08 Å². The van der Waals surface area contributed by atoms with Crippen molar-refractivity contribution in [2.75, 3.05) is 25.7 Å². The lowest BCUT2D eigenvalue weighted by atomic mass is 9.77. The SMILES string of the molecule is COc1ccc(/C=C2/CCCC3C2=NN(C(=O)CN2N=NC4C(=O)N(c5ccccc5)C(=O)C42)C3c2ccc(OC)cc2)cc1. The van der Waals surface area contributed by atoms with Gasteiger partial charge in [-0.2, -0.15) is 10.2 Å². The average molecular weight is 605 g/mol. The highest BCUT2D eigenvalue weighted by atomic mass is 16.5. The first kappa shape index (κ1) is 28.5. The Kier molecular flexibility index (Phi) is 7.36. The number of rotatable bonds is 7. The number of hydrogen-bond acceptors (Lipinski definition) is 9. The molecule has 0 spiro atoms. The minimum atomic E-state index is -0.991. The average Bonchev–Trinajstić information content (AvgIpc) is 3.75. The highest BCUT2D eigenvalue weighted by molar-refractivity contribution is 6.25. The van der Waals surface area contributed by atoms with E-state index in [2.05, 4.69) is 16.4 Å². The molecule has 4 aliphatic rings. The Hall–Kier alpha value is -5.32. The number of carbonyl (C=O) groups is 3. The van der Waals surface area contributed by atoms with Gasteiger partial charge in [0.15, 0.2) is 12.1 Å². The molecule has 0 aromatic heterocycles. The molecule has 45 heavy (non-hydrogen) atoms. The molecule has 0 radical (unpaired) electrons. The molecular formula is C34H32N6O5. The maximum Gasteiger partial charge on any atom is 0.264 e. The van der Waals surface area contributed by atoms with Crippen LogP contribution in [0.3, 0.4) is 0 Å². The topological polar surface area (TPSA) is 116 Å². The van der Waals surface area contributed by atoms with E-state index in [1.165, 1.54) is 10.0 Å². The van der Waals surface area contributed by atoms with Crippen molar-refractivity contribution in [1.29, 1.82) is 0 Å². The molecule has 3 aliphatic heterocycles. The summed E-state index contributed by atoms with van der Waals surface area (Å²) in [7, 11) is 3.26. The second-order valence-corrected chi connectivity index (χ2v) is 11.4. The molecule has 3 heterocycles. The molecule has 3 aromatic rings. The molecule has 0 N–H and O–H groups in total. The van der Waals surface area contributed by atoms with Gasteiger partial charge in [0.25, 0.3) is 17.7 Å². The molecule has 1 saturated carbocycles. The molecular weight excluding hydrogens is 572 g/mol. The molecule has 7 rings (SSSR count). The molecule has 1 saturated heterocycles. The molecule has 4 unspecified atom stereocenters. The second kappa shape index (κ2) is 11.6. The Morgan fingerprint density at radius 3 is 2.27 bits per heavy atom. The number of allylic oxidation sites excluding steroid dienone is 1. The van der Waals surface area contributed by atoms with Gasteiger partial charge in [-0.1, -0.05) is 47.7 Å². The van der Waals surface area contributed by atoms with E-state index in [4.69, 9.17) is 14.6 Å².